The topological polar surface area (TPSA) is 46.6 Å². The maximum absolute atomic E-state index is 5.95. The highest BCUT2D eigenvalue weighted by Gasteiger charge is 2.07. The van der Waals surface area contributed by atoms with Gasteiger partial charge in [0.05, 0.1) is 12.8 Å². The van der Waals surface area contributed by atoms with Gasteiger partial charge in [-0.05, 0) is 43.9 Å². The lowest BCUT2D eigenvalue weighted by Gasteiger charge is -2.16. The van der Waals surface area contributed by atoms with Crippen molar-refractivity contribution in [3.05, 3.63) is 53.9 Å². The molecular formula is C19H27N3O2. The minimum absolute atomic E-state index is 0.457. The van der Waals surface area contributed by atoms with Crippen LogP contribution in [-0.4, -0.2) is 43.7 Å². The normalized spacial score (nSPS) is 10.8. The van der Waals surface area contributed by atoms with Crippen LogP contribution in [0.2, 0.25) is 0 Å². The Balaban J connectivity index is 1.96. The Labute approximate surface area is 144 Å². The molecule has 0 unspecified atom stereocenters. The third-order valence-corrected chi connectivity index (χ3v) is 3.89. The second-order valence-corrected chi connectivity index (χ2v) is 5.66. The largest absolute Gasteiger partial charge is 0.497 e. The van der Waals surface area contributed by atoms with E-state index < -0.39 is 0 Å². The Kier molecular flexibility index (Phi) is 7.52. The van der Waals surface area contributed by atoms with Gasteiger partial charge in [0.25, 0.3) is 0 Å². The van der Waals surface area contributed by atoms with Crippen LogP contribution in [0.3, 0.4) is 0 Å². The molecule has 24 heavy (non-hydrogen) atoms. The second kappa shape index (κ2) is 9.90. The van der Waals surface area contributed by atoms with E-state index in [0.29, 0.717) is 6.61 Å². The van der Waals surface area contributed by atoms with E-state index in [2.05, 4.69) is 29.2 Å². The summed E-state index contributed by atoms with van der Waals surface area (Å²) in [6.07, 6.45) is 1.78. The van der Waals surface area contributed by atoms with Crippen LogP contribution in [0.25, 0.3) is 0 Å². The average molecular weight is 329 g/mol. The quantitative estimate of drug-likeness (QED) is 0.679. The molecule has 2 aromatic rings. The molecule has 0 aliphatic rings. The molecule has 0 radical (unpaired) electrons. The monoisotopic (exact) mass is 329 g/mol. The zero-order valence-corrected chi connectivity index (χ0v) is 14.8. The molecule has 0 aliphatic heterocycles. The number of pyridine rings is 1. The second-order valence-electron chi connectivity index (χ2n) is 5.66. The molecule has 1 aromatic carbocycles. The Morgan fingerprint density at radius 3 is 2.79 bits per heavy atom. The molecular weight excluding hydrogens is 302 g/mol. The third-order valence-electron chi connectivity index (χ3n) is 3.89. The summed E-state index contributed by atoms with van der Waals surface area (Å²) in [5.41, 5.74) is 2.00. The third kappa shape index (κ3) is 5.83. The van der Waals surface area contributed by atoms with Gasteiger partial charge in [-0.2, -0.15) is 0 Å². The van der Waals surface area contributed by atoms with Crippen molar-refractivity contribution in [3.8, 4) is 11.5 Å². The first-order chi connectivity index (χ1) is 11.7. The summed E-state index contributed by atoms with van der Waals surface area (Å²) >= 11 is 0. The van der Waals surface area contributed by atoms with Crippen molar-refractivity contribution in [2.24, 2.45) is 0 Å². The van der Waals surface area contributed by atoms with Crippen molar-refractivity contribution < 1.29 is 9.47 Å². The highest BCUT2D eigenvalue weighted by Crippen LogP contribution is 2.24. The first kappa shape index (κ1) is 18.2. The van der Waals surface area contributed by atoms with Crippen LogP contribution in [-0.2, 0) is 13.2 Å². The Bertz CT molecular complexity index is 605. The van der Waals surface area contributed by atoms with Gasteiger partial charge >= 0.3 is 0 Å². The lowest BCUT2D eigenvalue weighted by molar-refractivity contribution is 0.296. The number of likely N-dealkylation sites (N-methyl/N-ethyl adjacent to an activating group) is 1. The van der Waals surface area contributed by atoms with Crippen LogP contribution in [0.15, 0.2) is 42.6 Å². The van der Waals surface area contributed by atoms with E-state index in [1.165, 1.54) is 0 Å². The van der Waals surface area contributed by atoms with Gasteiger partial charge in [-0.3, -0.25) is 4.98 Å². The molecule has 5 heteroatoms. The summed E-state index contributed by atoms with van der Waals surface area (Å²) in [5.74, 6) is 1.69. The SMILES string of the molecule is CCN(C)CCNCc1cc(OC)ccc1OCc1ccccn1. The molecule has 1 N–H and O–H groups in total. The minimum Gasteiger partial charge on any atom is -0.497 e. The van der Waals surface area contributed by atoms with Crippen molar-refractivity contribution in [1.82, 2.24) is 15.2 Å². The van der Waals surface area contributed by atoms with E-state index in [0.717, 1.165) is 48.9 Å². The molecule has 0 fully saturated rings. The molecule has 0 saturated carbocycles. The molecule has 0 amide bonds. The molecule has 1 heterocycles. The van der Waals surface area contributed by atoms with Crippen molar-refractivity contribution in [3.63, 3.8) is 0 Å². The summed E-state index contributed by atoms with van der Waals surface area (Å²) in [6.45, 7) is 6.36. The first-order valence-corrected chi connectivity index (χ1v) is 8.31. The molecule has 2 rings (SSSR count). The van der Waals surface area contributed by atoms with Gasteiger partial charge in [0, 0.05) is 31.4 Å². The fraction of sp³-hybridized carbons (Fsp3) is 0.421. The van der Waals surface area contributed by atoms with Crippen LogP contribution in [0.5, 0.6) is 11.5 Å². The highest BCUT2D eigenvalue weighted by molar-refractivity contribution is 5.40. The predicted molar refractivity (Wildman–Crippen MR) is 96.4 cm³/mol. The summed E-state index contributed by atoms with van der Waals surface area (Å²) in [4.78, 5) is 6.57. The average Bonchev–Trinajstić information content (AvgIpc) is 2.64. The Morgan fingerprint density at radius 1 is 1.21 bits per heavy atom. The number of ether oxygens (including phenoxy) is 2. The Hall–Kier alpha value is -2.11. The maximum Gasteiger partial charge on any atom is 0.130 e. The number of benzene rings is 1. The van der Waals surface area contributed by atoms with Gasteiger partial charge in [-0.1, -0.05) is 13.0 Å². The van der Waals surface area contributed by atoms with E-state index in [1.807, 2.05) is 36.4 Å². The van der Waals surface area contributed by atoms with Crippen molar-refractivity contribution in [2.45, 2.75) is 20.1 Å². The maximum atomic E-state index is 5.95. The van der Waals surface area contributed by atoms with Crippen LogP contribution in [0, 0.1) is 0 Å². The van der Waals surface area contributed by atoms with Gasteiger partial charge in [0.15, 0.2) is 0 Å². The van der Waals surface area contributed by atoms with Gasteiger partial charge in [-0.25, -0.2) is 0 Å². The number of aromatic nitrogens is 1. The van der Waals surface area contributed by atoms with E-state index in [4.69, 9.17) is 9.47 Å². The standard InChI is InChI=1S/C19H27N3O2/c1-4-22(2)12-11-20-14-16-13-18(23-3)8-9-19(16)24-15-17-7-5-6-10-21-17/h5-10,13,20H,4,11-12,14-15H2,1-3H3. The lowest BCUT2D eigenvalue weighted by atomic mass is 10.2. The van der Waals surface area contributed by atoms with Crippen LogP contribution >= 0.6 is 0 Å². The molecule has 0 bridgehead atoms. The zero-order chi connectivity index (χ0) is 17.2. The molecule has 130 valence electrons. The summed E-state index contributed by atoms with van der Waals surface area (Å²) < 4.78 is 11.3. The van der Waals surface area contributed by atoms with Crippen LogP contribution in [0.1, 0.15) is 18.2 Å². The van der Waals surface area contributed by atoms with Crippen molar-refractivity contribution >= 4 is 0 Å². The number of methoxy groups -OCH3 is 1. The molecule has 0 saturated heterocycles. The fourth-order valence-electron chi connectivity index (χ4n) is 2.25. The van der Waals surface area contributed by atoms with E-state index >= 15 is 0 Å². The minimum atomic E-state index is 0.457. The van der Waals surface area contributed by atoms with E-state index in [9.17, 15) is 0 Å². The summed E-state index contributed by atoms with van der Waals surface area (Å²) in [6, 6.07) is 11.7. The van der Waals surface area contributed by atoms with Crippen LogP contribution in [0.4, 0.5) is 0 Å². The van der Waals surface area contributed by atoms with Gasteiger partial charge < -0.3 is 19.7 Å². The number of rotatable bonds is 10. The smallest absolute Gasteiger partial charge is 0.130 e. The zero-order valence-electron chi connectivity index (χ0n) is 14.8. The molecule has 0 atom stereocenters. The number of hydrogen-bond acceptors (Lipinski definition) is 5. The Morgan fingerprint density at radius 2 is 2.08 bits per heavy atom. The predicted octanol–water partition coefficient (Wildman–Crippen LogP) is 2.71. The molecule has 5 nitrogen and oxygen atoms in total. The molecule has 0 spiro atoms. The fourth-order valence-corrected chi connectivity index (χ4v) is 2.25. The number of hydrogen-bond donors (Lipinski definition) is 1. The molecule has 1 aromatic heterocycles. The van der Waals surface area contributed by atoms with Gasteiger partial charge in [0.2, 0.25) is 0 Å². The molecule has 0 aliphatic carbocycles. The van der Waals surface area contributed by atoms with Crippen molar-refractivity contribution in [1.29, 1.82) is 0 Å². The number of nitrogens with zero attached hydrogens (tertiary/aromatic N) is 2. The van der Waals surface area contributed by atoms with Gasteiger partial charge in [0.1, 0.15) is 18.1 Å². The van der Waals surface area contributed by atoms with E-state index in [1.54, 1.807) is 13.3 Å². The van der Waals surface area contributed by atoms with Crippen LogP contribution < -0.4 is 14.8 Å². The number of nitrogens with one attached hydrogen (secondary N) is 1. The van der Waals surface area contributed by atoms with Gasteiger partial charge in [-0.15, -0.1) is 0 Å². The highest BCUT2D eigenvalue weighted by atomic mass is 16.5. The first-order valence-electron chi connectivity index (χ1n) is 8.31. The lowest BCUT2D eigenvalue weighted by Crippen LogP contribution is -2.28. The van der Waals surface area contributed by atoms with E-state index in [-0.39, 0.29) is 0 Å². The van der Waals surface area contributed by atoms with Crippen molar-refractivity contribution in [2.75, 3.05) is 33.8 Å². The summed E-state index contributed by atoms with van der Waals surface area (Å²) in [5, 5.41) is 3.46. The summed E-state index contributed by atoms with van der Waals surface area (Å²) in [7, 11) is 3.80.